The van der Waals surface area contributed by atoms with Crippen molar-refractivity contribution < 1.29 is 0 Å². The van der Waals surface area contributed by atoms with Gasteiger partial charge in [-0.05, 0) is 25.2 Å². The van der Waals surface area contributed by atoms with Gasteiger partial charge in [-0.2, -0.15) is 0 Å². The van der Waals surface area contributed by atoms with E-state index in [0.717, 1.165) is 5.92 Å². The molecule has 0 heteroatoms. The van der Waals surface area contributed by atoms with Crippen LogP contribution < -0.4 is 0 Å². The topological polar surface area (TPSA) is 0 Å². The van der Waals surface area contributed by atoms with E-state index in [2.05, 4.69) is 19.9 Å². The molecule has 0 bridgehead atoms. The summed E-state index contributed by atoms with van der Waals surface area (Å²) in [7, 11) is 0. The van der Waals surface area contributed by atoms with Gasteiger partial charge in [0.1, 0.15) is 0 Å². The first-order chi connectivity index (χ1) is 4.79. The minimum Gasteiger partial charge on any atom is -0.0739 e. The zero-order chi connectivity index (χ0) is 7.19. The molecule has 0 aromatic carbocycles. The maximum Gasteiger partial charge on any atom is 0.0120 e. The van der Waals surface area contributed by atoms with Crippen LogP contribution in [0.25, 0.3) is 0 Å². The Bertz CT molecular complexity index is 178. The fraction of sp³-hybridized carbons (Fsp3) is 0.800. The molecule has 0 amide bonds. The Hall–Kier alpha value is -0.260. The van der Waals surface area contributed by atoms with Gasteiger partial charge in [0.2, 0.25) is 0 Å². The molecule has 0 N–H and O–H groups in total. The Labute approximate surface area is 63.3 Å². The molecule has 0 heterocycles. The summed E-state index contributed by atoms with van der Waals surface area (Å²) in [5, 5.41) is 0. The zero-order valence-electron chi connectivity index (χ0n) is 6.98. The molecule has 2 aliphatic carbocycles. The summed E-state index contributed by atoms with van der Waals surface area (Å²) in [6.45, 7) is 4.70. The molecule has 2 rings (SSSR count). The van der Waals surface area contributed by atoms with E-state index in [1.165, 1.54) is 25.7 Å². The lowest BCUT2D eigenvalue weighted by molar-refractivity contribution is 0.365. The van der Waals surface area contributed by atoms with Gasteiger partial charge in [0.25, 0.3) is 0 Å². The van der Waals surface area contributed by atoms with E-state index >= 15 is 0 Å². The Morgan fingerprint density at radius 2 is 2.50 bits per heavy atom. The van der Waals surface area contributed by atoms with Gasteiger partial charge in [-0.15, -0.1) is 0 Å². The van der Waals surface area contributed by atoms with Crippen molar-refractivity contribution in [2.45, 2.75) is 39.5 Å². The van der Waals surface area contributed by atoms with Gasteiger partial charge in [-0.3, -0.25) is 0 Å². The number of hydrogen-bond donors (Lipinski definition) is 0. The summed E-state index contributed by atoms with van der Waals surface area (Å²) < 4.78 is 0. The average Bonchev–Trinajstić information content (AvgIpc) is 2.53. The Morgan fingerprint density at radius 1 is 1.70 bits per heavy atom. The predicted molar refractivity (Wildman–Crippen MR) is 43.8 cm³/mol. The van der Waals surface area contributed by atoms with Gasteiger partial charge in [-0.1, -0.05) is 31.9 Å². The lowest BCUT2D eigenvalue weighted by Gasteiger charge is -2.18. The van der Waals surface area contributed by atoms with Crippen molar-refractivity contribution in [3.05, 3.63) is 11.6 Å². The molecule has 0 aromatic heterocycles. The molecule has 0 spiro atoms. The normalized spacial score (nSPS) is 43.0. The van der Waals surface area contributed by atoms with Crippen molar-refractivity contribution in [2.24, 2.45) is 11.3 Å². The highest BCUT2D eigenvalue weighted by Crippen LogP contribution is 2.62. The molecule has 2 unspecified atom stereocenters. The van der Waals surface area contributed by atoms with Gasteiger partial charge in [0.05, 0.1) is 0 Å². The Balaban J connectivity index is 2.06. The number of fused-ring (bicyclic) bond motifs is 1. The first kappa shape index (κ1) is 6.45. The monoisotopic (exact) mass is 136 g/mol. The molecule has 0 aliphatic heterocycles. The van der Waals surface area contributed by atoms with Crippen molar-refractivity contribution in [1.29, 1.82) is 0 Å². The Kier molecular flexibility index (Phi) is 1.21. The van der Waals surface area contributed by atoms with E-state index < -0.39 is 0 Å². The second-order valence-corrected chi connectivity index (χ2v) is 3.90. The van der Waals surface area contributed by atoms with E-state index in [9.17, 15) is 0 Å². The molecule has 56 valence electrons. The van der Waals surface area contributed by atoms with Crippen molar-refractivity contribution in [2.75, 3.05) is 0 Å². The third-order valence-electron chi connectivity index (χ3n) is 3.34. The second-order valence-electron chi connectivity index (χ2n) is 3.90. The van der Waals surface area contributed by atoms with E-state index in [0.29, 0.717) is 5.41 Å². The predicted octanol–water partition coefficient (Wildman–Crippen LogP) is 3.14. The highest BCUT2D eigenvalue weighted by atomic mass is 14.5. The number of allylic oxidation sites excluding steroid dienone is 2. The van der Waals surface area contributed by atoms with Crippen LogP contribution in [0.15, 0.2) is 11.6 Å². The van der Waals surface area contributed by atoms with Crippen LogP contribution in [-0.4, -0.2) is 0 Å². The van der Waals surface area contributed by atoms with E-state index in [-0.39, 0.29) is 0 Å². The molecule has 2 aliphatic rings. The first-order valence-corrected chi connectivity index (χ1v) is 4.52. The zero-order valence-corrected chi connectivity index (χ0v) is 6.98. The second kappa shape index (κ2) is 1.87. The molecule has 0 radical (unpaired) electrons. The van der Waals surface area contributed by atoms with Crippen molar-refractivity contribution >= 4 is 0 Å². The summed E-state index contributed by atoms with van der Waals surface area (Å²) in [5.41, 5.74) is 2.44. The van der Waals surface area contributed by atoms with E-state index in [1.807, 2.05) is 0 Å². The van der Waals surface area contributed by atoms with Crippen LogP contribution >= 0.6 is 0 Å². The van der Waals surface area contributed by atoms with Gasteiger partial charge in [0.15, 0.2) is 0 Å². The van der Waals surface area contributed by atoms with E-state index in [1.54, 1.807) is 5.57 Å². The van der Waals surface area contributed by atoms with Crippen LogP contribution in [0, 0.1) is 11.3 Å². The fourth-order valence-corrected chi connectivity index (χ4v) is 2.56. The molecular weight excluding hydrogens is 120 g/mol. The summed E-state index contributed by atoms with van der Waals surface area (Å²) in [5.74, 6) is 0.961. The molecule has 0 aromatic rings. The third-order valence-corrected chi connectivity index (χ3v) is 3.34. The smallest absolute Gasteiger partial charge is 0.0120 e. The minimum atomic E-state index is 0.661. The summed E-state index contributed by atoms with van der Waals surface area (Å²) in [6.07, 6.45) is 8.14. The van der Waals surface area contributed by atoms with Crippen LogP contribution in [0.4, 0.5) is 0 Å². The van der Waals surface area contributed by atoms with Crippen LogP contribution in [-0.2, 0) is 0 Å². The largest absolute Gasteiger partial charge is 0.0739 e. The number of hydrogen-bond acceptors (Lipinski definition) is 0. The quantitative estimate of drug-likeness (QED) is 0.511. The molecule has 0 saturated heterocycles. The fourth-order valence-electron chi connectivity index (χ4n) is 2.56. The lowest BCUT2D eigenvalue weighted by Crippen LogP contribution is -2.10. The van der Waals surface area contributed by atoms with Crippen molar-refractivity contribution in [1.82, 2.24) is 0 Å². The van der Waals surface area contributed by atoms with Gasteiger partial charge >= 0.3 is 0 Å². The summed E-state index contributed by atoms with van der Waals surface area (Å²) >= 11 is 0. The van der Waals surface area contributed by atoms with Crippen LogP contribution in [0.1, 0.15) is 39.5 Å². The molecular formula is C10H16. The van der Waals surface area contributed by atoms with Crippen molar-refractivity contribution in [3.63, 3.8) is 0 Å². The average molecular weight is 136 g/mol. The third kappa shape index (κ3) is 0.624. The van der Waals surface area contributed by atoms with Gasteiger partial charge < -0.3 is 0 Å². The molecule has 1 fully saturated rings. The summed E-state index contributed by atoms with van der Waals surface area (Å²) in [4.78, 5) is 0. The van der Waals surface area contributed by atoms with Crippen LogP contribution in [0.5, 0.6) is 0 Å². The maximum absolute atomic E-state index is 2.52. The van der Waals surface area contributed by atoms with Gasteiger partial charge in [0, 0.05) is 5.41 Å². The molecule has 10 heavy (non-hydrogen) atoms. The maximum atomic E-state index is 2.52. The standard InChI is InChI=1S/C10H16/c1-3-6-10-7-9(10)5-4-8(10)2/h7-8H,3-6H2,1-2H3. The van der Waals surface area contributed by atoms with E-state index in [4.69, 9.17) is 0 Å². The Morgan fingerprint density at radius 3 is 2.90 bits per heavy atom. The lowest BCUT2D eigenvalue weighted by atomic mass is 9.86. The van der Waals surface area contributed by atoms with Crippen molar-refractivity contribution in [3.8, 4) is 0 Å². The molecule has 0 nitrogen and oxygen atoms in total. The highest BCUT2D eigenvalue weighted by molar-refractivity contribution is 5.43. The number of rotatable bonds is 2. The highest BCUT2D eigenvalue weighted by Gasteiger charge is 2.50. The van der Waals surface area contributed by atoms with Crippen LogP contribution in [0.2, 0.25) is 0 Å². The molecule has 2 atom stereocenters. The molecule has 1 saturated carbocycles. The summed E-state index contributed by atoms with van der Waals surface area (Å²) in [6, 6.07) is 0. The first-order valence-electron chi connectivity index (χ1n) is 4.52. The SMILES string of the molecule is CCCC12C=C1CCC2C. The van der Waals surface area contributed by atoms with Crippen LogP contribution in [0.3, 0.4) is 0 Å². The van der Waals surface area contributed by atoms with Gasteiger partial charge in [-0.25, -0.2) is 0 Å². The minimum absolute atomic E-state index is 0.661.